The number of morpholine rings is 1. The highest BCUT2D eigenvalue weighted by Gasteiger charge is 2.31. The van der Waals surface area contributed by atoms with Crippen LogP contribution in [0.1, 0.15) is 16.5 Å². The Morgan fingerprint density at radius 2 is 1.78 bits per heavy atom. The number of thiophene rings is 1. The predicted octanol–water partition coefficient (Wildman–Crippen LogP) is 1.36. The number of carbonyl (C=O) groups excluding carboxylic acids is 2. The molecule has 2 N–H and O–H groups in total. The summed E-state index contributed by atoms with van der Waals surface area (Å²) in [6, 6.07) is 7.87. The van der Waals surface area contributed by atoms with E-state index in [-0.39, 0.29) is 11.4 Å². The molecule has 2 aromatic rings. The van der Waals surface area contributed by atoms with Crippen LogP contribution in [0.25, 0.3) is 0 Å². The van der Waals surface area contributed by atoms with E-state index in [2.05, 4.69) is 15.5 Å². The van der Waals surface area contributed by atoms with Crippen LogP contribution in [-0.2, 0) is 24.2 Å². The van der Waals surface area contributed by atoms with Crippen molar-refractivity contribution in [3.63, 3.8) is 0 Å². The van der Waals surface area contributed by atoms with Gasteiger partial charge in [-0.2, -0.15) is 0 Å². The second-order valence-electron chi connectivity index (χ2n) is 7.28. The van der Waals surface area contributed by atoms with Crippen molar-refractivity contribution in [3.05, 3.63) is 52.5 Å². The highest BCUT2D eigenvalue weighted by atomic mass is 32.2. The quantitative estimate of drug-likeness (QED) is 0.317. The van der Waals surface area contributed by atoms with E-state index in [4.69, 9.17) is 4.74 Å². The standard InChI is InChI=1S/C21H26FN3O5S2/c22-16-4-6-17(7-5-16)32(28,29)19(18-3-1-14-31-18)15-24-21(27)20(26)23-8-2-9-25-10-12-30-13-11-25/h1,3-7,14,19H,2,8-13,15H2,(H,23,26)(H,24,27)/t19-/m0/s1. The minimum Gasteiger partial charge on any atom is -0.379 e. The summed E-state index contributed by atoms with van der Waals surface area (Å²) >= 11 is 1.23. The molecule has 1 aromatic carbocycles. The average molecular weight is 484 g/mol. The zero-order chi connectivity index (χ0) is 23.0. The molecule has 0 unspecified atom stereocenters. The number of carbonyl (C=O) groups is 2. The molecule has 0 radical (unpaired) electrons. The first kappa shape index (κ1) is 24.3. The molecule has 1 fully saturated rings. The second-order valence-corrected chi connectivity index (χ2v) is 10.4. The number of nitrogens with one attached hydrogen (secondary N) is 2. The lowest BCUT2D eigenvalue weighted by molar-refractivity contribution is -0.139. The Morgan fingerprint density at radius 3 is 2.44 bits per heavy atom. The van der Waals surface area contributed by atoms with Crippen molar-refractivity contribution in [2.24, 2.45) is 0 Å². The molecule has 0 saturated carbocycles. The van der Waals surface area contributed by atoms with Gasteiger partial charge in [0.1, 0.15) is 11.1 Å². The number of ether oxygens (including phenoxy) is 1. The Hall–Kier alpha value is -2.34. The van der Waals surface area contributed by atoms with E-state index in [0.717, 1.165) is 31.8 Å². The third-order valence-electron chi connectivity index (χ3n) is 5.07. The van der Waals surface area contributed by atoms with Crippen molar-refractivity contribution >= 4 is 33.0 Å². The lowest BCUT2D eigenvalue weighted by atomic mass is 10.3. The fourth-order valence-corrected chi connectivity index (χ4v) is 6.09. The van der Waals surface area contributed by atoms with Crippen LogP contribution in [-0.4, -0.2) is 71.1 Å². The SMILES string of the molecule is O=C(NCCCN1CCOCC1)C(=O)NC[C@@H](c1cccs1)S(=O)(=O)c1ccc(F)cc1. The maximum absolute atomic E-state index is 13.2. The van der Waals surface area contributed by atoms with Crippen molar-refractivity contribution in [3.8, 4) is 0 Å². The van der Waals surface area contributed by atoms with Gasteiger partial charge >= 0.3 is 11.8 Å². The molecule has 1 aromatic heterocycles. The van der Waals surface area contributed by atoms with Crippen LogP contribution < -0.4 is 10.6 Å². The maximum atomic E-state index is 13.2. The maximum Gasteiger partial charge on any atom is 0.309 e. The molecule has 3 rings (SSSR count). The highest BCUT2D eigenvalue weighted by molar-refractivity contribution is 7.91. The molecule has 0 aliphatic carbocycles. The van der Waals surface area contributed by atoms with Gasteiger partial charge < -0.3 is 15.4 Å². The van der Waals surface area contributed by atoms with E-state index < -0.39 is 32.7 Å². The monoisotopic (exact) mass is 483 g/mol. The number of sulfone groups is 1. The molecule has 174 valence electrons. The van der Waals surface area contributed by atoms with Gasteiger partial charge in [0.05, 0.1) is 18.1 Å². The Morgan fingerprint density at radius 1 is 1.09 bits per heavy atom. The number of hydrogen-bond donors (Lipinski definition) is 2. The number of benzene rings is 1. The first-order valence-corrected chi connectivity index (χ1v) is 12.7. The number of halogens is 1. The molecule has 1 aliphatic rings. The van der Waals surface area contributed by atoms with Crippen LogP contribution >= 0.6 is 11.3 Å². The van der Waals surface area contributed by atoms with Crippen LogP contribution in [0, 0.1) is 5.82 Å². The molecule has 1 saturated heterocycles. The first-order chi connectivity index (χ1) is 15.4. The zero-order valence-electron chi connectivity index (χ0n) is 17.5. The third kappa shape index (κ3) is 6.58. The smallest absolute Gasteiger partial charge is 0.309 e. The number of nitrogens with zero attached hydrogens (tertiary/aromatic N) is 1. The van der Waals surface area contributed by atoms with Gasteiger partial charge in [-0.1, -0.05) is 6.07 Å². The molecule has 1 atom stereocenters. The van der Waals surface area contributed by atoms with E-state index >= 15 is 0 Å². The van der Waals surface area contributed by atoms with Gasteiger partial charge in [0.25, 0.3) is 0 Å². The van der Waals surface area contributed by atoms with E-state index in [1.165, 1.54) is 23.5 Å². The van der Waals surface area contributed by atoms with Crippen molar-refractivity contribution < 1.29 is 27.1 Å². The predicted molar refractivity (Wildman–Crippen MR) is 119 cm³/mol. The molecule has 2 heterocycles. The summed E-state index contributed by atoms with van der Waals surface area (Å²) in [6.07, 6.45) is 0.690. The molecular weight excluding hydrogens is 457 g/mol. The van der Waals surface area contributed by atoms with Crippen LogP contribution in [0.5, 0.6) is 0 Å². The highest BCUT2D eigenvalue weighted by Crippen LogP contribution is 2.31. The van der Waals surface area contributed by atoms with E-state index in [1.807, 2.05) is 0 Å². The molecule has 32 heavy (non-hydrogen) atoms. The molecule has 0 bridgehead atoms. The summed E-state index contributed by atoms with van der Waals surface area (Å²) in [5.74, 6) is -2.25. The van der Waals surface area contributed by atoms with Gasteiger partial charge in [0.2, 0.25) is 0 Å². The van der Waals surface area contributed by atoms with Crippen molar-refractivity contribution in [1.82, 2.24) is 15.5 Å². The minimum atomic E-state index is -3.91. The van der Waals surface area contributed by atoms with Crippen molar-refractivity contribution in [1.29, 1.82) is 0 Å². The summed E-state index contributed by atoms with van der Waals surface area (Å²) in [5.41, 5.74) is 0. The normalized spacial score (nSPS) is 15.8. The van der Waals surface area contributed by atoms with E-state index in [0.29, 0.717) is 31.1 Å². The lowest BCUT2D eigenvalue weighted by Crippen LogP contribution is -2.43. The van der Waals surface area contributed by atoms with Gasteiger partial charge in [-0.15, -0.1) is 11.3 Å². The average Bonchev–Trinajstić information content (AvgIpc) is 3.32. The summed E-state index contributed by atoms with van der Waals surface area (Å²) in [4.78, 5) is 27.0. The molecule has 8 nitrogen and oxygen atoms in total. The van der Waals surface area contributed by atoms with Gasteiger partial charge in [-0.05, 0) is 48.7 Å². The molecule has 0 spiro atoms. The summed E-state index contributed by atoms with van der Waals surface area (Å²) in [5, 5.41) is 5.62. The summed E-state index contributed by atoms with van der Waals surface area (Å²) in [6.45, 7) is 3.94. The zero-order valence-corrected chi connectivity index (χ0v) is 19.1. The largest absolute Gasteiger partial charge is 0.379 e. The van der Waals surface area contributed by atoms with E-state index in [9.17, 15) is 22.4 Å². The minimum absolute atomic E-state index is 0.0564. The van der Waals surface area contributed by atoms with Gasteiger partial charge in [-0.3, -0.25) is 14.5 Å². The van der Waals surface area contributed by atoms with Gasteiger partial charge in [0, 0.05) is 31.1 Å². The Labute approximate surface area is 190 Å². The molecule has 1 aliphatic heterocycles. The van der Waals surface area contributed by atoms with Crippen molar-refractivity contribution in [2.45, 2.75) is 16.6 Å². The molecule has 11 heteroatoms. The lowest BCUT2D eigenvalue weighted by Gasteiger charge is -2.26. The van der Waals surface area contributed by atoms with E-state index in [1.54, 1.807) is 17.5 Å². The molecular formula is C21H26FN3O5S2. The van der Waals surface area contributed by atoms with Gasteiger partial charge in [-0.25, -0.2) is 12.8 Å². The first-order valence-electron chi connectivity index (χ1n) is 10.3. The Bertz CT molecular complexity index is 991. The van der Waals surface area contributed by atoms with Crippen LogP contribution in [0.3, 0.4) is 0 Å². The fraction of sp³-hybridized carbons (Fsp3) is 0.429. The Balaban J connectivity index is 1.54. The number of hydrogen-bond acceptors (Lipinski definition) is 7. The third-order valence-corrected chi connectivity index (χ3v) is 8.31. The fourth-order valence-electron chi connectivity index (χ4n) is 3.30. The van der Waals surface area contributed by atoms with Crippen LogP contribution in [0.2, 0.25) is 0 Å². The summed E-state index contributed by atoms with van der Waals surface area (Å²) in [7, 11) is -3.91. The molecule has 2 amide bonds. The number of rotatable bonds is 9. The number of amides is 2. The topological polar surface area (TPSA) is 105 Å². The Kier molecular flexibility index (Phi) is 8.74. The van der Waals surface area contributed by atoms with Crippen LogP contribution in [0.15, 0.2) is 46.7 Å². The van der Waals surface area contributed by atoms with Gasteiger partial charge in [0.15, 0.2) is 9.84 Å². The summed E-state index contributed by atoms with van der Waals surface area (Å²) < 4.78 is 44.7. The second kappa shape index (κ2) is 11.5. The van der Waals surface area contributed by atoms with Crippen LogP contribution in [0.4, 0.5) is 4.39 Å². The van der Waals surface area contributed by atoms with Crippen molar-refractivity contribution in [2.75, 3.05) is 45.9 Å².